The molecule has 1 aromatic carbocycles. The van der Waals surface area contributed by atoms with Gasteiger partial charge in [0, 0.05) is 5.92 Å². The lowest BCUT2D eigenvalue weighted by Crippen LogP contribution is -2.09. The van der Waals surface area contributed by atoms with Crippen LogP contribution in [0.3, 0.4) is 0 Å². The number of carbonyl (C=O) groups is 1. The number of benzene rings is 1. The predicted octanol–water partition coefficient (Wildman–Crippen LogP) is 3.16. The minimum absolute atomic E-state index is 0.295. The van der Waals surface area contributed by atoms with E-state index in [1.54, 1.807) is 12.1 Å². The van der Waals surface area contributed by atoms with Crippen LogP contribution < -0.4 is 0 Å². The number of carboxylic acids is 1. The van der Waals surface area contributed by atoms with Gasteiger partial charge in [-0.2, -0.15) is 0 Å². The number of fused-ring (bicyclic) bond motifs is 3. The number of imidazole rings is 1. The highest BCUT2D eigenvalue weighted by Gasteiger charge is 2.41. The van der Waals surface area contributed by atoms with Crippen LogP contribution in [0.1, 0.15) is 47.8 Å². The molecule has 1 heterocycles. The minimum Gasteiger partial charge on any atom is -0.478 e. The van der Waals surface area contributed by atoms with Crippen molar-refractivity contribution in [3.8, 4) is 0 Å². The first-order chi connectivity index (χ1) is 9.22. The third-order valence-electron chi connectivity index (χ3n) is 4.85. The number of aromatic amines is 1. The number of H-pyrrole nitrogens is 1. The highest BCUT2D eigenvalue weighted by atomic mass is 16.4. The fraction of sp³-hybridized carbons (Fsp3) is 0.467. The highest BCUT2D eigenvalue weighted by Crippen LogP contribution is 2.52. The third kappa shape index (κ3) is 1.59. The summed E-state index contributed by atoms with van der Waals surface area (Å²) in [5.41, 5.74) is 1.74. The van der Waals surface area contributed by atoms with Gasteiger partial charge in [-0.1, -0.05) is 12.5 Å². The zero-order chi connectivity index (χ0) is 13.0. The molecule has 19 heavy (non-hydrogen) atoms. The fourth-order valence-electron chi connectivity index (χ4n) is 3.98. The van der Waals surface area contributed by atoms with E-state index < -0.39 is 5.97 Å². The molecule has 0 amide bonds. The number of para-hydroxylation sites is 1. The molecule has 3 unspecified atom stereocenters. The number of hydrogen-bond acceptors (Lipinski definition) is 2. The molecule has 98 valence electrons. The average molecular weight is 256 g/mol. The van der Waals surface area contributed by atoms with Gasteiger partial charge in [0.05, 0.1) is 11.1 Å². The maximum Gasteiger partial charge on any atom is 0.337 e. The van der Waals surface area contributed by atoms with E-state index in [4.69, 9.17) is 0 Å². The summed E-state index contributed by atoms with van der Waals surface area (Å²) in [4.78, 5) is 19.2. The van der Waals surface area contributed by atoms with E-state index in [-0.39, 0.29) is 0 Å². The molecule has 2 bridgehead atoms. The maximum atomic E-state index is 11.2. The van der Waals surface area contributed by atoms with E-state index in [0.29, 0.717) is 17.0 Å². The van der Waals surface area contributed by atoms with Gasteiger partial charge in [0.25, 0.3) is 0 Å². The number of rotatable bonds is 2. The number of aromatic carboxylic acids is 1. The van der Waals surface area contributed by atoms with E-state index >= 15 is 0 Å². The molecule has 4 rings (SSSR count). The second-order valence-electron chi connectivity index (χ2n) is 5.91. The number of nitrogens with one attached hydrogen (secondary N) is 1. The Balaban J connectivity index is 1.80. The normalized spacial score (nSPS) is 29.2. The van der Waals surface area contributed by atoms with Gasteiger partial charge in [-0.25, -0.2) is 9.78 Å². The zero-order valence-electron chi connectivity index (χ0n) is 10.6. The molecule has 3 atom stereocenters. The van der Waals surface area contributed by atoms with E-state index in [0.717, 1.165) is 23.2 Å². The van der Waals surface area contributed by atoms with Crippen LogP contribution in [0, 0.1) is 11.8 Å². The topological polar surface area (TPSA) is 66.0 Å². The highest BCUT2D eigenvalue weighted by molar-refractivity contribution is 6.00. The number of hydrogen-bond donors (Lipinski definition) is 2. The Morgan fingerprint density at radius 3 is 2.89 bits per heavy atom. The summed E-state index contributed by atoms with van der Waals surface area (Å²) >= 11 is 0. The molecule has 1 aromatic heterocycles. The molecule has 2 N–H and O–H groups in total. The quantitative estimate of drug-likeness (QED) is 0.867. The van der Waals surface area contributed by atoms with Crippen molar-refractivity contribution in [1.29, 1.82) is 0 Å². The lowest BCUT2D eigenvalue weighted by Gasteiger charge is -2.18. The van der Waals surface area contributed by atoms with Crippen molar-refractivity contribution in [3.05, 3.63) is 29.6 Å². The number of aromatic nitrogens is 2. The molecule has 2 fully saturated rings. The summed E-state index contributed by atoms with van der Waals surface area (Å²) in [7, 11) is 0. The van der Waals surface area contributed by atoms with Gasteiger partial charge in [-0.15, -0.1) is 0 Å². The first-order valence-electron chi connectivity index (χ1n) is 6.94. The van der Waals surface area contributed by atoms with E-state index in [9.17, 15) is 9.90 Å². The molecular formula is C15H16N2O2. The summed E-state index contributed by atoms with van der Waals surface area (Å²) in [5, 5.41) is 9.21. The average Bonchev–Trinajstić information content (AvgIpc) is 3.11. The molecular weight excluding hydrogens is 240 g/mol. The summed E-state index contributed by atoms with van der Waals surface area (Å²) in [6.07, 6.45) is 5.21. The molecule has 0 aliphatic heterocycles. The molecule has 2 aromatic rings. The summed E-state index contributed by atoms with van der Waals surface area (Å²) in [6, 6.07) is 5.30. The Hall–Kier alpha value is -1.84. The smallest absolute Gasteiger partial charge is 0.337 e. The van der Waals surface area contributed by atoms with Crippen molar-refractivity contribution < 1.29 is 9.90 Å². The Labute approximate surface area is 110 Å². The Morgan fingerprint density at radius 2 is 2.21 bits per heavy atom. The van der Waals surface area contributed by atoms with Crippen LogP contribution in [-0.4, -0.2) is 21.0 Å². The van der Waals surface area contributed by atoms with Crippen LogP contribution in [0.5, 0.6) is 0 Å². The summed E-state index contributed by atoms with van der Waals surface area (Å²) in [5.74, 6) is 2.21. The Kier molecular flexibility index (Phi) is 2.22. The van der Waals surface area contributed by atoms with Crippen molar-refractivity contribution in [3.63, 3.8) is 0 Å². The van der Waals surface area contributed by atoms with Gasteiger partial charge in [-0.3, -0.25) is 0 Å². The summed E-state index contributed by atoms with van der Waals surface area (Å²) in [6.45, 7) is 0. The largest absolute Gasteiger partial charge is 0.478 e. The van der Waals surface area contributed by atoms with Crippen LogP contribution in [0.25, 0.3) is 11.0 Å². The van der Waals surface area contributed by atoms with Gasteiger partial charge in [0.2, 0.25) is 0 Å². The van der Waals surface area contributed by atoms with Crippen molar-refractivity contribution in [2.75, 3.05) is 0 Å². The summed E-state index contributed by atoms with van der Waals surface area (Å²) < 4.78 is 0. The third-order valence-corrected chi connectivity index (χ3v) is 4.85. The lowest BCUT2D eigenvalue weighted by atomic mass is 9.88. The van der Waals surface area contributed by atoms with Gasteiger partial charge < -0.3 is 10.1 Å². The maximum absolute atomic E-state index is 11.2. The van der Waals surface area contributed by atoms with E-state index in [1.807, 2.05) is 6.07 Å². The molecule has 4 heteroatoms. The van der Waals surface area contributed by atoms with Crippen molar-refractivity contribution in [2.45, 2.75) is 31.6 Å². The first kappa shape index (κ1) is 11.0. The molecule has 2 aliphatic carbocycles. The second kappa shape index (κ2) is 3.83. The number of nitrogens with zero attached hydrogens (tertiary/aromatic N) is 1. The molecule has 4 nitrogen and oxygen atoms in total. The molecule has 2 saturated carbocycles. The molecule has 0 spiro atoms. The van der Waals surface area contributed by atoms with Crippen molar-refractivity contribution in [1.82, 2.24) is 9.97 Å². The molecule has 0 radical (unpaired) electrons. The standard InChI is InChI=1S/C15H16N2O2/c18-15(19)10-2-1-3-12-13(10)17-14(16-12)11-7-8-4-5-9(11)6-8/h1-3,8-9,11H,4-7H2,(H,16,17)(H,18,19). The van der Waals surface area contributed by atoms with Crippen LogP contribution in [0.4, 0.5) is 0 Å². The monoisotopic (exact) mass is 256 g/mol. The first-order valence-corrected chi connectivity index (χ1v) is 6.94. The van der Waals surface area contributed by atoms with Crippen molar-refractivity contribution >= 4 is 17.0 Å². The second-order valence-corrected chi connectivity index (χ2v) is 5.91. The fourth-order valence-corrected chi connectivity index (χ4v) is 3.98. The van der Waals surface area contributed by atoms with Crippen LogP contribution in [0.2, 0.25) is 0 Å². The van der Waals surface area contributed by atoms with Crippen LogP contribution >= 0.6 is 0 Å². The van der Waals surface area contributed by atoms with Crippen molar-refractivity contribution in [2.24, 2.45) is 11.8 Å². The lowest BCUT2D eigenvalue weighted by molar-refractivity contribution is 0.0699. The Morgan fingerprint density at radius 1 is 1.32 bits per heavy atom. The van der Waals surface area contributed by atoms with Gasteiger partial charge in [0.15, 0.2) is 0 Å². The number of carboxylic acid groups (broad SMARTS) is 1. The van der Waals surface area contributed by atoms with Gasteiger partial charge in [0.1, 0.15) is 11.3 Å². The van der Waals surface area contributed by atoms with Gasteiger partial charge >= 0.3 is 5.97 Å². The van der Waals surface area contributed by atoms with Crippen LogP contribution in [0.15, 0.2) is 18.2 Å². The van der Waals surface area contributed by atoms with Crippen LogP contribution in [-0.2, 0) is 0 Å². The molecule has 2 aliphatic rings. The SMILES string of the molecule is O=C(O)c1cccc2[nH]c(C3CC4CCC3C4)nc12. The van der Waals surface area contributed by atoms with E-state index in [1.165, 1.54) is 25.7 Å². The predicted molar refractivity (Wildman–Crippen MR) is 71.2 cm³/mol. The Bertz CT molecular complexity index is 661. The molecule has 0 saturated heterocycles. The van der Waals surface area contributed by atoms with Gasteiger partial charge in [-0.05, 0) is 43.2 Å². The zero-order valence-corrected chi connectivity index (χ0v) is 10.6. The minimum atomic E-state index is -0.906. The van der Waals surface area contributed by atoms with E-state index in [2.05, 4.69) is 9.97 Å².